The van der Waals surface area contributed by atoms with Crippen molar-refractivity contribution in [1.82, 2.24) is 15.4 Å². The fourth-order valence-corrected chi connectivity index (χ4v) is 2.78. The van der Waals surface area contributed by atoms with E-state index in [0.29, 0.717) is 30.3 Å². The second-order valence-corrected chi connectivity index (χ2v) is 6.27. The Morgan fingerprint density at radius 2 is 1.74 bits per heavy atom. The van der Waals surface area contributed by atoms with Crippen LogP contribution in [0.1, 0.15) is 22.6 Å². The third-order valence-corrected chi connectivity index (χ3v) is 4.29. The molecule has 0 bridgehead atoms. The second kappa shape index (κ2) is 9.27. The standard InChI is InChI=1S/C19H27N3O5/c1-12-15(13(2)27-21-12)10-22(3)11-19(23)20-9-14-7-17(25-5)18(26-6)8-16(14)24-4/h7-8H,9-11H2,1-6H3,(H,20,23). The highest BCUT2D eigenvalue weighted by atomic mass is 16.5. The Balaban J connectivity index is 1.96. The number of nitrogens with one attached hydrogen (secondary N) is 1. The van der Waals surface area contributed by atoms with E-state index in [0.717, 1.165) is 22.6 Å². The van der Waals surface area contributed by atoms with Crippen LogP contribution in [0, 0.1) is 13.8 Å². The predicted octanol–water partition coefficient (Wildman–Crippen LogP) is 2.07. The minimum absolute atomic E-state index is 0.0962. The van der Waals surface area contributed by atoms with Crippen LogP contribution in [0.15, 0.2) is 16.7 Å². The highest BCUT2D eigenvalue weighted by molar-refractivity contribution is 5.78. The molecule has 0 aliphatic carbocycles. The molecule has 0 unspecified atom stereocenters. The van der Waals surface area contributed by atoms with Gasteiger partial charge in [-0.05, 0) is 27.0 Å². The Morgan fingerprint density at radius 3 is 2.30 bits per heavy atom. The molecule has 0 saturated heterocycles. The SMILES string of the molecule is COc1cc(OC)c(OC)cc1CNC(=O)CN(C)Cc1c(C)noc1C. The maximum absolute atomic E-state index is 12.3. The zero-order valence-electron chi connectivity index (χ0n) is 16.7. The predicted molar refractivity (Wildman–Crippen MR) is 100 cm³/mol. The van der Waals surface area contributed by atoms with Gasteiger partial charge in [0, 0.05) is 30.3 Å². The molecule has 0 radical (unpaired) electrons. The van der Waals surface area contributed by atoms with Crippen LogP contribution in [-0.2, 0) is 17.9 Å². The van der Waals surface area contributed by atoms with Crippen LogP contribution >= 0.6 is 0 Å². The van der Waals surface area contributed by atoms with Crippen molar-refractivity contribution in [3.05, 3.63) is 34.7 Å². The summed E-state index contributed by atoms with van der Waals surface area (Å²) in [7, 11) is 6.58. The third-order valence-electron chi connectivity index (χ3n) is 4.29. The third kappa shape index (κ3) is 5.13. The number of nitrogens with zero attached hydrogens (tertiary/aromatic N) is 2. The Morgan fingerprint density at radius 1 is 1.11 bits per heavy atom. The summed E-state index contributed by atoms with van der Waals surface area (Å²) in [6.07, 6.45) is 0. The van der Waals surface area contributed by atoms with E-state index in [1.807, 2.05) is 25.8 Å². The van der Waals surface area contributed by atoms with Gasteiger partial charge in [-0.15, -0.1) is 0 Å². The zero-order valence-corrected chi connectivity index (χ0v) is 16.7. The molecule has 8 heteroatoms. The topological polar surface area (TPSA) is 86.1 Å². The van der Waals surface area contributed by atoms with Crippen molar-refractivity contribution in [2.24, 2.45) is 0 Å². The number of aromatic nitrogens is 1. The summed E-state index contributed by atoms with van der Waals surface area (Å²) in [4.78, 5) is 14.2. The Hall–Kier alpha value is -2.74. The first kappa shape index (κ1) is 20.6. The van der Waals surface area contributed by atoms with Gasteiger partial charge >= 0.3 is 0 Å². The molecule has 1 aromatic carbocycles. The van der Waals surface area contributed by atoms with E-state index in [1.165, 1.54) is 0 Å². The van der Waals surface area contributed by atoms with E-state index >= 15 is 0 Å². The van der Waals surface area contributed by atoms with E-state index in [1.54, 1.807) is 33.5 Å². The molecule has 0 spiro atoms. The number of carbonyl (C=O) groups excluding carboxylic acids is 1. The van der Waals surface area contributed by atoms with Crippen molar-refractivity contribution < 1.29 is 23.5 Å². The summed E-state index contributed by atoms with van der Waals surface area (Å²) in [5.41, 5.74) is 2.65. The van der Waals surface area contributed by atoms with Crippen LogP contribution in [0.25, 0.3) is 0 Å². The molecule has 2 aromatic rings. The number of benzene rings is 1. The summed E-state index contributed by atoms with van der Waals surface area (Å²) >= 11 is 0. The molecule has 2 rings (SSSR count). The number of ether oxygens (including phenoxy) is 3. The van der Waals surface area contributed by atoms with Crippen LogP contribution in [0.2, 0.25) is 0 Å². The maximum Gasteiger partial charge on any atom is 0.234 e. The average Bonchev–Trinajstić information content (AvgIpc) is 2.97. The zero-order chi connectivity index (χ0) is 20.0. The highest BCUT2D eigenvalue weighted by Gasteiger charge is 2.15. The lowest BCUT2D eigenvalue weighted by Gasteiger charge is -2.17. The lowest BCUT2D eigenvalue weighted by Crippen LogP contribution is -2.34. The van der Waals surface area contributed by atoms with Gasteiger partial charge in [0.25, 0.3) is 0 Å². The molecule has 0 aliphatic heterocycles. The first-order valence-corrected chi connectivity index (χ1v) is 8.55. The van der Waals surface area contributed by atoms with E-state index in [2.05, 4.69) is 10.5 Å². The van der Waals surface area contributed by atoms with Crippen LogP contribution < -0.4 is 19.5 Å². The Bertz CT molecular complexity index is 768. The van der Waals surface area contributed by atoms with Gasteiger partial charge in [-0.2, -0.15) is 0 Å². The molecule has 1 N–H and O–H groups in total. The normalized spacial score (nSPS) is 10.8. The number of hydrogen-bond donors (Lipinski definition) is 1. The van der Waals surface area contributed by atoms with Crippen molar-refractivity contribution in [3.8, 4) is 17.2 Å². The smallest absolute Gasteiger partial charge is 0.234 e. The number of rotatable bonds is 9. The Labute approximate surface area is 159 Å². The van der Waals surface area contributed by atoms with E-state index in [-0.39, 0.29) is 12.5 Å². The highest BCUT2D eigenvalue weighted by Crippen LogP contribution is 2.34. The first-order valence-electron chi connectivity index (χ1n) is 8.55. The number of carbonyl (C=O) groups is 1. The van der Waals surface area contributed by atoms with Crippen molar-refractivity contribution in [1.29, 1.82) is 0 Å². The minimum Gasteiger partial charge on any atom is -0.496 e. The van der Waals surface area contributed by atoms with Gasteiger partial charge in [-0.25, -0.2) is 0 Å². The second-order valence-electron chi connectivity index (χ2n) is 6.27. The molecule has 8 nitrogen and oxygen atoms in total. The fraction of sp³-hybridized carbons (Fsp3) is 0.474. The van der Waals surface area contributed by atoms with Crippen LogP contribution in [0.5, 0.6) is 17.2 Å². The monoisotopic (exact) mass is 377 g/mol. The van der Waals surface area contributed by atoms with Crippen molar-refractivity contribution >= 4 is 5.91 Å². The summed E-state index contributed by atoms with van der Waals surface area (Å²) in [5.74, 6) is 2.45. The molecule has 1 amide bonds. The summed E-state index contributed by atoms with van der Waals surface area (Å²) in [6.45, 7) is 4.92. The van der Waals surface area contributed by atoms with Crippen molar-refractivity contribution in [2.45, 2.75) is 26.9 Å². The molecule has 1 aromatic heterocycles. The van der Waals surface area contributed by atoms with Gasteiger partial charge in [0.2, 0.25) is 5.91 Å². The molecule has 27 heavy (non-hydrogen) atoms. The quantitative estimate of drug-likeness (QED) is 0.716. The number of methoxy groups -OCH3 is 3. The molecule has 1 heterocycles. The van der Waals surface area contributed by atoms with Crippen molar-refractivity contribution in [3.63, 3.8) is 0 Å². The van der Waals surface area contributed by atoms with Gasteiger partial charge < -0.3 is 24.1 Å². The van der Waals surface area contributed by atoms with E-state index in [9.17, 15) is 4.79 Å². The molecule has 0 saturated carbocycles. The number of amides is 1. The molecule has 0 aliphatic rings. The van der Waals surface area contributed by atoms with Crippen molar-refractivity contribution in [2.75, 3.05) is 34.9 Å². The van der Waals surface area contributed by atoms with Crippen LogP contribution in [-0.4, -0.2) is 50.9 Å². The van der Waals surface area contributed by atoms with Gasteiger partial charge in [-0.3, -0.25) is 9.69 Å². The number of aryl methyl sites for hydroxylation is 2. The van der Waals surface area contributed by atoms with E-state index in [4.69, 9.17) is 18.7 Å². The molecular weight excluding hydrogens is 350 g/mol. The number of hydrogen-bond acceptors (Lipinski definition) is 7. The first-order chi connectivity index (χ1) is 12.9. The van der Waals surface area contributed by atoms with Crippen LogP contribution in [0.4, 0.5) is 0 Å². The minimum atomic E-state index is -0.0962. The average molecular weight is 377 g/mol. The molecular formula is C19H27N3O5. The number of likely N-dealkylation sites (N-methyl/N-ethyl adjacent to an activating group) is 1. The van der Waals surface area contributed by atoms with Crippen LogP contribution in [0.3, 0.4) is 0 Å². The Kier molecular flexibility index (Phi) is 7.06. The van der Waals surface area contributed by atoms with E-state index < -0.39 is 0 Å². The summed E-state index contributed by atoms with van der Waals surface area (Å²) in [5, 5.41) is 6.84. The van der Waals surface area contributed by atoms with Gasteiger partial charge in [0.15, 0.2) is 11.5 Å². The summed E-state index contributed by atoms with van der Waals surface area (Å²) < 4.78 is 21.1. The largest absolute Gasteiger partial charge is 0.496 e. The molecule has 0 atom stereocenters. The van der Waals surface area contributed by atoms with Gasteiger partial charge in [0.05, 0.1) is 33.6 Å². The summed E-state index contributed by atoms with van der Waals surface area (Å²) in [6, 6.07) is 3.54. The van der Waals surface area contributed by atoms with Gasteiger partial charge in [-0.1, -0.05) is 5.16 Å². The maximum atomic E-state index is 12.3. The lowest BCUT2D eigenvalue weighted by atomic mass is 10.1. The fourth-order valence-electron chi connectivity index (χ4n) is 2.78. The molecule has 0 fully saturated rings. The lowest BCUT2D eigenvalue weighted by molar-refractivity contribution is -0.122. The van der Waals surface area contributed by atoms with Gasteiger partial charge in [0.1, 0.15) is 11.5 Å². The molecule has 148 valence electrons.